The monoisotopic (exact) mass is 154 g/mol. The van der Waals surface area contributed by atoms with Crippen LogP contribution in [0.3, 0.4) is 0 Å². The van der Waals surface area contributed by atoms with Crippen LogP contribution in [0.2, 0.25) is 0 Å². The Hall–Kier alpha value is -0.590. The SMILES string of the molecule is C[C@@H]1CN(CC#N)[C@H](C)CO1. The number of ether oxygens (including phenoxy) is 1. The van der Waals surface area contributed by atoms with Crippen molar-refractivity contribution in [3.8, 4) is 6.07 Å². The maximum atomic E-state index is 8.49. The lowest BCUT2D eigenvalue weighted by Crippen LogP contribution is -2.47. The fourth-order valence-corrected chi connectivity index (χ4v) is 1.28. The largest absolute Gasteiger partial charge is 0.376 e. The lowest BCUT2D eigenvalue weighted by molar-refractivity contribution is -0.0441. The quantitative estimate of drug-likeness (QED) is 0.519. The van der Waals surface area contributed by atoms with Crippen LogP contribution in [0.5, 0.6) is 0 Å². The zero-order valence-corrected chi connectivity index (χ0v) is 7.08. The minimum atomic E-state index is 0.277. The molecule has 0 aromatic carbocycles. The van der Waals surface area contributed by atoms with Gasteiger partial charge >= 0.3 is 0 Å². The van der Waals surface area contributed by atoms with Gasteiger partial charge in [-0.3, -0.25) is 4.90 Å². The summed E-state index contributed by atoms with van der Waals surface area (Å²) in [5, 5.41) is 8.49. The second kappa shape index (κ2) is 3.70. The van der Waals surface area contributed by atoms with E-state index < -0.39 is 0 Å². The van der Waals surface area contributed by atoms with Crippen molar-refractivity contribution in [1.29, 1.82) is 5.26 Å². The van der Waals surface area contributed by atoms with Gasteiger partial charge in [0.1, 0.15) is 0 Å². The van der Waals surface area contributed by atoms with Crippen LogP contribution in [-0.2, 0) is 4.74 Å². The third-order valence-corrected chi connectivity index (χ3v) is 2.01. The van der Waals surface area contributed by atoms with Crippen LogP contribution in [0.25, 0.3) is 0 Å². The Balaban J connectivity index is 2.42. The van der Waals surface area contributed by atoms with Gasteiger partial charge in [-0.15, -0.1) is 0 Å². The summed E-state index contributed by atoms with van der Waals surface area (Å²) in [5.41, 5.74) is 0. The van der Waals surface area contributed by atoms with Gasteiger partial charge in [0, 0.05) is 12.6 Å². The Bertz CT molecular complexity index is 164. The maximum Gasteiger partial charge on any atom is 0.0869 e. The van der Waals surface area contributed by atoms with Gasteiger partial charge < -0.3 is 4.74 Å². The van der Waals surface area contributed by atoms with Gasteiger partial charge in [0.25, 0.3) is 0 Å². The van der Waals surface area contributed by atoms with E-state index in [2.05, 4.69) is 17.9 Å². The molecule has 0 aromatic rings. The van der Waals surface area contributed by atoms with E-state index in [-0.39, 0.29) is 6.10 Å². The topological polar surface area (TPSA) is 36.3 Å². The summed E-state index contributed by atoms with van der Waals surface area (Å²) in [5.74, 6) is 0. The first-order chi connectivity index (χ1) is 5.24. The number of rotatable bonds is 1. The van der Waals surface area contributed by atoms with E-state index in [9.17, 15) is 0 Å². The Morgan fingerprint density at radius 2 is 2.36 bits per heavy atom. The lowest BCUT2D eigenvalue weighted by atomic mass is 10.2. The number of nitriles is 1. The van der Waals surface area contributed by atoms with Crippen molar-refractivity contribution in [2.75, 3.05) is 19.7 Å². The number of hydrogen-bond donors (Lipinski definition) is 0. The summed E-state index contributed by atoms with van der Waals surface area (Å²) in [7, 11) is 0. The highest BCUT2D eigenvalue weighted by Crippen LogP contribution is 2.09. The van der Waals surface area contributed by atoms with Crippen LogP contribution in [0.15, 0.2) is 0 Å². The van der Waals surface area contributed by atoms with E-state index in [0.717, 1.165) is 13.2 Å². The molecular weight excluding hydrogens is 140 g/mol. The molecule has 0 amide bonds. The Morgan fingerprint density at radius 1 is 1.64 bits per heavy atom. The Morgan fingerprint density at radius 3 is 3.00 bits per heavy atom. The summed E-state index contributed by atoms with van der Waals surface area (Å²) in [6, 6.07) is 2.55. The Labute approximate surface area is 67.6 Å². The van der Waals surface area contributed by atoms with Crippen LogP contribution in [-0.4, -0.2) is 36.7 Å². The van der Waals surface area contributed by atoms with Crippen molar-refractivity contribution in [3.05, 3.63) is 0 Å². The molecule has 0 N–H and O–H groups in total. The molecule has 1 saturated heterocycles. The van der Waals surface area contributed by atoms with Gasteiger partial charge in [-0.25, -0.2) is 0 Å². The van der Waals surface area contributed by atoms with E-state index in [1.165, 1.54) is 0 Å². The smallest absolute Gasteiger partial charge is 0.0869 e. The molecule has 0 aliphatic carbocycles. The normalized spacial score (nSPS) is 33.2. The second-order valence-corrected chi connectivity index (χ2v) is 3.08. The molecule has 0 bridgehead atoms. The Kier molecular flexibility index (Phi) is 2.86. The molecule has 11 heavy (non-hydrogen) atoms. The molecule has 0 radical (unpaired) electrons. The van der Waals surface area contributed by atoms with Gasteiger partial charge in [-0.2, -0.15) is 5.26 Å². The highest BCUT2D eigenvalue weighted by atomic mass is 16.5. The number of nitrogens with zero attached hydrogens (tertiary/aromatic N) is 2. The van der Waals surface area contributed by atoms with Crippen molar-refractivity contribution >= 4 is 0 Å². The first-order valence-electron chi connectivity index (χ1n) is 3.96. The highest BCUT2D eigenvalue weighted by molar-refractivity contribution is 4.83. The van der Waals surface area contributed by atoms with Crippen LogP contribution in [0.1, 0.15) is 13.8 Å². The average Bonchev–Trinajstić information content (AvgIpc) is 1.98. The second-order valence-electron chi connectivity index (χ2n) is 3.08. The molecule has 2 atom stereocenters. The summed E-state index contributed by atoms with van der Waals surface area (Å²) in [4.78, 5) is 2.15. The predicted octanol–water partition coefficient (Wildman–Crippen LogP) is 0.619. The zero-order valence-electron chi connectivity index (χ0n) is 7.08. The van der Waals surface area contributed by atoms with Crippen molar-refractivity contribution in [3.63, 3.8) is 0 Å². The van der Waals surface area contributed by atoms with Crippen molar-refractivity contribution < 1.29 is 4.74 Å². The standard InChI is InChI=1S/C8H14N2O/c1-7-6-11-8(2)5-10(7)4-3-9/h7-8H,4-6H2,1-2H3/t7-,8-/m1/s1. The molecule has 62 valence electrons. The molecule has 0 spiro atoms. The molecule has 0 saturated carbocycles. The predicted molar refractivity (Wildman–Crippen MR) is 42.1 cm³/mol. The minimum Gasteiger partial charge on any atom is -0.376 e. The highest BCUT2D eigenvalue weighted by Gasteiger charge is 2.22. The molecule has 1 aliphatic heterocycles. The van der Waals surface area contributed by atoms with Crippen LogP contribution in [0.4, 0.5) is 0 Å². The fourth-order valence-electron chi connectivity index (χ4n) is 1.28. The van der Waals surface area contributed by atoms with Gasteiger partial charge in [0.2, 0.25) is 0 Å². The van der Waals surface area contributed by atoms with E-state index >= 15 is 0 Å². The first kappa shape index (κ1) is 8.51. The van der Waals surface area contributed by atoms with E-state index in [1.807, 2.05) is 6.92 Å². The molecule has 0 unspecified atom stereocenters. The summed E-state index contributed by atoms with van der Waals surface area (Å²) in [6.07, 6.45) is 0.277. The molecule has 0 aromatic heterocycles. The summed E-state index contributed by atoms with van der Waals surface area (Å²) in [6.45, 7) is 6.28. The van der Waals surface area contributed by atoms with Crippen molar-refractivity contribution in [2.45, 2.75) is 26.0 Å². The molecule has 1 aliphatic rings. The first-order valence-corrected chi connectivity index (χ1v) is 3.96. The van der Waals surface area contributed by atoms with Gasteiger partial charge in [0.05, 0.1) is 25.3 Å². The lowest BCUT2D eigenvalue weighted by Gasteiger charge is -2.34. The van der Waals surface area contributed by atoms with Crippen LogP contribution >= 0.6 is 0 Å². The van der Waals surface area contributed by atoms with Gasteiger partial charge in [-0.05, 0) is 13.8 Å². The van der Waals surface area contributed by atoms with Crippen molar-refractivity contribution in [1.82, 2.24) is 4.90 Å². The van der Waals surface area contributed by atoms with Crippen LogP contribution < -0.4 is 0 Å². The maximum absolute atomic E-state index is 8.49. The van der Waals surface area contributed by atoms with E-state index in [1.54, 1.807) is 0 Å². The van der Waals surface area contributed by atoms with E-state index in [0.29, 0.717) is 12.6 Å². The molecule has 3 heteroatoms. The molecular formula is C8H14N2O. The number of morpholine rings is 1. The fraction of sp³-hybridized carbons (Fsp3) is 0.875. The van der Waals surface area contributed by atoms with Crippen molar-refractivity contribution in [2.24, 2.45) is 0 Å². The molecule has 1 heterocycles. The minimum absolute atomic E-state index is 0.277. The third kappa shape index (κ3) is 2.18. The van der Waals surface area contributed by atoms with E-state index in [4.69, 9.17) is 10.00 Å². The average molecular weight is 154 g/mol. The number of hydrogen-bond acceptors (Lipinski definition) is 3. The van der Waals surface area contributed by atoms with Gasteiger partial charge in [-0.1, -0.05) is 0 Å². The summed E-state index contributed by atoms with van der Waals surface area (Å²) < 4.78 is 5.42. The molecule has 1 rings (SSSR count). The summed E-state index contributed by atoms with van der Waals surface area (Å²) >= 11 is 0. The molecule has 3 nitrogen and oxygen atoms in total. The third-order valence-electron chi connectivity index (χ3n) is 2.01. The van der Waals surface area contributed by atoms with Gasteiger partial charge in [0.15, 0.2) is 0 Å². The van der Waals surface area contributed by atoms with Crippen LogP contribution in [0, 0.1) is 11.3 Å². The molecule has 1 fully saturated rings. The zero-order chi connectivity index (χ0) is 8.27.